The van der Waals surface area contributed by atoms with E-state index in [0.29, 0.717) is 22.3 Å². The van der Waals surface area contributed by atoms with E-state index < -0.39 is 0 Å². The van der Waals surface area contributed by atoms with Gasteiger partial charge < -0.3 is 10.5 Å². The van der Waals surface area contributed by atoms with Crippen molar-refractivity contribution >= 4 is 15.9 Å². The molecule has 1 saturated carbocycles. The van der Waals surface area contributed by atoms with Gasteiger partial charge in [-0.25, -0.2) is 4.39 Å². The molecule has 0 amide bonds. The van der Waals surface area contributed by atoms with Crippen LogP contribution in [0.5, 0.6) is 5.75 Å². The van der Waals surface area contributed by atoms with Gasteiger partial charge in [-0.15, -0.1) is 0 Å². The van der Waals surface area contributed by atoms with Crippen LogP contribution in [0.1, 0.15) is 36.8 Å². The highest BCUT2D eigenvalue weighted by molar-refractivity contribution is 9.10. The van der Waals surface area contributed by atoms with Crippen molar-refractivity contribution in [2.75, 3.05) is 13.7 Å². The Hall–Kier alpha value is -0.610. The van der Waals surface area contributed by atoms with Crippen LogP contribution in [-0.4, -0.2) is 13.7 Å². The van der Waals surface area contributed by atoms with Crippen LogP contribution in [-0.2, 0) is 5.41 Å². The number of ether oxygens (including phenoxy) is 1. The van der Waals surface area contributed by atoms with Crippen molar-refractivity contribution in [2.45, 2.75) is 38.0 Å². The van der Waals surface area contributed by atoms with Crippen LogP contribution in [0.25, 0.3) is 0 Å². The zero-order valence-electron chi connectivity index (χ0n) is 10.9. The Kier molecular flexibility index (Phi) is 3.97. The first kappa shape index (κ1) is 13.8. The van der Waals surface area contributed by atoms with Gasteiger partial charge in [0.1, 0.15) is 11.6 Å². The van der Waals surface area contributed by atoms with E-state index in [9.17, 15) is 4.39 Å². The molecule has 100 valence electrons. The second-order valence-electron chi connectivity index (χ2n) is 5.07. The highest BCUT2D eigenvalue weighted by atomic mass is 79.9. The Bertz CT molecular complexity index is 456. The van der Waals surface area contributed by atoms with Crippen LogP contribution in [0, 0.1) is 12.7 Å². The molecule has 1 fully saturated rings. The van der Waals surface area contributed by atoms with Crippen LogP contribution in [0.4, 0.5) is 4.39 Å². The maximum Gasteiger partial charge on any atom is 0.143 e. The molecule has 1 aliphatic carbocycles. The summed E-state index contributed by atoms with van der Waals surface area (Å²) in [6.45, 7) is 2.34. The van der Waals surface area contributed by atoms with Gasteiger partial charge in [0.15, 0.2) is 0 Å². The van der Waals surface area contributed by atoms with Gasteiger partial charge in [-0.05, 0) is 41.8 Å². The van der Waals surface area contributed by atoms with E-state index in [1.807, 2.05) is 6.07 Å². The Morgan fingerprint density at radius 2 is 2.06 bits per heavy atom. The van der Waals surface area contributed by atoms with Gasteiger partial charge in [0.25, 0.3) is 0 Å². The number of hydrogen-bond acceptors (Lipinski definition) is 2. The molecule has 0 spiro atoms. The van der Waals surface area contributed by atoms with Crippen molar-refractivity contribution in [1.29, 1.82) is 0 Å². The number of hydrogen-bond donors (Lipinski definition) is 1. The molecule has 0 atom stereocenters. The van der Waals surface area contributed by atoms with Gasteiger partial charge in [0.05, 0.1) is 11.6 Å². The molecule has 1 aromatic rings. The molecule has 2 rings (SSSR count). The molecule has 0 heterocycles. The van der Waals surface area contributed by atoms with Crippen molar-refractivity contribution in [1.82, 2.24) is 0 Å². The molecule has 18 heavy (non-hydrogen) atoms. The number of nitrogens with two attached hydrogens (primary N) is 1. The topological polar surface area (TPSA) is 35.2 Å². The highest BCUT2D eigenvalue weighted by Crippen LogP contribution is 2.46. The average molecular weight is 316 g/mol. The minimum atomic E-state index is -0.249. The van der Waals surface area contributed by atoms with Crippen molar-refractivity contribution in [3.05, 3.63) is 27.5 Å². The predicted octanol–water partition coefficient (Wildman–Crippen LogP) is 3.68. The van der Waals surface area contributed by atoms with E-state index in [1.54, 1.807) is 14.0 Å². The van der Waals surface area contributed by atoms with E-state index >= 15 is 0 Å². The highest BCUT2D eigenvalue weighted by Gasteiger charge is 2.37. The summed E-state index contributed by atoms with van der Waals surface area (Å²) in [6.07, 6.45) is 4.46. The van der Waals surface area contributed by atoms with Crippen LogP contribution in [0.2, 0.25) is 0 Å². The fourth-order valence-corrected chi connectivity index (χ4v) is 3.55. The lowest BCUT2D eigenvalue weighted by molar-refractivity contribution is 0.371. The Morgan fingerprint density at radius 3 is 2.56 bits per heavy atom. The fraction of sp³-hybridized carbons (Fsp3) is 0.571. The van der Waals surface area contributed by atoms with Crippen LogP contribution < -0.4 is 10.5 Å². The summed E-state index contributed by atoms with van der Waals surface area (Å²) in [5.74, 6) is 0.406. The normalized spacial score (nSPS) is 18.1. The monoisotopic (exact) mass is 315 g/mol. The standard InChI is InChI=1S/C14H19BrFNO/c1-9-12(16)11(15)7-10(13(9)18-2)14(8-17)5-3-4-6-14/h7H,3-6,8,17H2,1-2H3. The van der Waals surface area contributed by atoms with Crippen LogP contribution in [0.15, 0.2) is 10.5 Å². The van der Waals surface area contributed by atoms with E-state index in [2.05, 4.69) is 15.9 Å². The van der Waals surface area contributed by atoms with Crippen molar-refractivity contribution in [2.24, 2.45) is 5.73 Å². The summed E-state index contributed by atoms with van der Waals surface area (Å²) in [6, 6.07) is 1.85. The molecule has 4 heteroatoms. The van der Waals surface area contributed by atoms with E-state index in [1.165, 1.54) is 12.8 Å². The molecule has 0 radical (unpaired) electrons. The minimum absolute atomic E-state index is 0.0493. The van der Waals surface area contributed by atoms with Gasteiger partial charge in [-0.3, -0.25) is 0 Å². The quantitative estimate of drug-likeness (QED) is 0.923. The molecule has 1 aliphatic rings. The summed E-state index contributed by atoms with van der Waals surface area (Å²) in [4.78, 5) is 0. The molecule has 0 aromatic heterocycles. The number of rotatable bonds is 3. The molecule has 0 bridgehead atoms. The van der Waals surface area contributed by atoms with E-state index in [-0.39, 0.29) is 11.2 Å². The Morgan fingerprint density at radius 1 is 1.44 bits per heavy atom. The molecule has 0 saturated heterocycles. The largest absolute Gasteiger partial charge is 0.496 e. The summed E-state index contributed by atoms with van der Waals surface area (Å²) < 4.78 is 19.8. The number of benzene rings is 1. The van der Waals surface area contributed by atoms with Gasteiger partial charge >= 0.3 is 0 Å². The average Bonchev–Trinajstić information content (AvgIpc) is 2.85. The summed E-state index contributed by atoms with van der Waals surface area (Å²) >= 11 is 3.29. The van der Waals surface area contributed by atoms with E-state index in [0.717, 1.165) is 18.4 Å². The summed E-state index contributed by atoms with van der Waals surface area (Å²) in [5, 5.41) is 0. The third-order valence-electron chi connectivity index (χ3n) is 4.12. The third kappa shape index (κ3) is 2.05. The molecular weight excluding hydrogens is 297 g/mol. The van der Waals surface area contributed by atoms with Gasteiger partial charge in [-0.1, -0.05) is 12.8 Å². The van der Waals surface area contributed by atoms with E-state index in [4.69, 9.17) is 10.5 Å². The zero-order valence-corrected chi connectivity index (χ0v) is 12.4. The second-order valence-corrected chi connectivity index (χ2v) is 5.92. The van der Waals surface area contributed by atoms with Gasteiger partial charge in [0.2, 0.25) is 0 Å². The summed E-state index contributed by atoms with van der Waals surface area (Å²) in [5.41, 5.74) is 7.56. The number of halogens is 2. The Balaban J connectivity index is 2.62. The van der Waals surface area contributed by atoms with Crippen molar-refractivity contribution < 1.29 is 9.13 Å². The second kappa shape index (κ2) is 5.17. The lowest BCUT2D eigenvalue weighted by atomic mass is 9.78. The first-order valence-corrected chi connectivity index (χ1v) is 7.08. The molecule has 0 unspecified atom stereocenters. The SMILES string of the molecule is COc1c(C2(CN)CCCC2)cc(Br)c(F)c1C. The lowest BCUT2D eigenvalue weighted by Crippen LogP contribution is -2.32. The third-order valence-corrected chi connectivity index (χ3v) is 4.70. The van der Waals surface area contributed by atoms with Crippen molar-refractivity contribution in [3.8, 4) is 5.75 Å². The van der Waals surface area contributed by atoms with Gasteiger partial charge in [0, 0.05) is 23.1 Å². The first-order valence-electron chi connectivity index (χ1n) is 6.29. The molecular formula is C14H19BrFNO. The predicted molar refractivity (Wildman–Crippen MR) is 74.6 cm³/mol. The summed E-state index contributed by atoms with van der Waals surface area (Å²) in [7, 11) is 1.60. The fourth-order valence-electron chi connectivity index (χ4n) is 3.03. The van der Waals surface area contributed by atoms with Gasteiger partial charge in [-0.2, -0.15) is 0 Å². The van der Waals surface area contributed by atoms with Crippen molar-refractivity contribution in [3.63, 3.8) is 0 Å². The molecule has 2 nitrogen and oxygen atoms in total. The number of methoxy groups -OCH3 is 1. The maximum atomic E-state index is 13.9. The molecule has 0 aliphatic heterocycles. The van der Waals surface area contributed by atoms with Crippen LogP contribution in [0.3, 0.4) is 0 Å². The maximum absolute atomic E-state index is 13.9. The smallest absolute Gasteiger partial charge is 0.143 e. The molecule has 2 N–H and O–H groups in total. The Labute approximate surface area is 116 Å². The zero-order chi connectivity index (χ0) is 13.3. The molecule has 1 aromatic carbocycles. The first-order chi connectivity index (χ1) is 8.55. The minimum Gasteiger partial charge on any atom is -0.496 e. The van der Waals surface area contributed by atoms with Crippen LogP contribution >= 0.6 is 15.9 Å². The lowest BCUT2D eigenvalue weighted by Gasteiger charge is -2.30.